The van der Waals surface area contributed by atoms with E-state index >= 15 is 0 Å². The smallest absolute Gasteiger partial charge is 0.0445 e. The molecule has 1 aromatic rings. The number of nitrogens with zero attached hydrogens (tertiary/aromatic N) is 1. The first-order chi connectivity index (χ1) is 9.36. The maximum absolute atomic E-state index is 3.97. The molecule has 0 aromatic carbocycles. The summed E-state index contributed by atoms with van der Waals surface area (Å²) in [5.74, 6) is 0.910. The molecule has 0 spiro atoms. The molecule has 2 heterocycles. The van der Waals surface area contributed by atoms with Gasteiger partial charge in [0, 0.05) is 17.0 Å². The van der Waals surface area contributed by atoms with Crippen LogP contribution in [-0.2, 0) is 0 Å². The highest BCUT2D eigenvalue weighted by molar-refractivity contribution is 7.10. The van der Waals surface area contributed by atoms with Crippen LogP contribution in [0.5, 0.6) is 0 Å². The molecule has 2 aliphatic rings. The summed E-state index contributed by atoms with van der Waals surface area (Å²) >= 11 is 1.92. The van der Waals surface area contributed by atoms with Crippen LogP contribution in [0.25, 0.3) is 0 Å². The summed E-state index contributed by atoms with van der Waals surface area (Å²) < 4.78 is 0. The second-order valence-electron chi connectivity index (χ2n) is 6.11. The molecule has 19 heavy (non-hydrogen) atoms. The van der Waals surface area contributed by atoms with E-state index in [2.05, 4.69) is 34.7 Å². The molecule has 1 aromatic heterocycles. The maximum atomic E-state index is 3.97. The Balaban J connectivity index is 1.53. The number of thiophene rings is 1. The van der Waals surface area contributed by atoms with Crippen LogP contribution in [0.3, 0.4) is 0 Å². The molecule has 1 saturated heterocycles. The van der Waals surface area contributed by atoms with Crippen LogP contribution in [0.2, 0.25) is 0 Å². The lowest BCUT2D eigenvalue weighted by Gasteiger charge is -2.34. The monoisotopic (exact) mass is 278 g/mol. The molecule has 0 amide bonds. The molecule has 0 bridgehead atoms. The summed E-state index contributed by atoms with van der Waals surface area (Å²) in [6.07, 6.45) is 6.79. The average Bonchev–Trinajstić information content (AvgIpc) is 3.13. The average molecular weight is 278 g/mol. The second kappa shape index (κ2) is 6.38. The molecule has 2 nitrogen and oxygen atoms in total. The van der Waals surface area contributed by atoms with Gasteiger partial charge in [-0.3, -0.25) is 0 Å². The van der Waals surface area contributed by atoms with Crippen molar-refractivity contribution < 1.29 is 0 Å². The molecule has 1 aliphatic heterocycles. The highest BCUT2D eigenvalue weighted by atomic mass is 32.1. The van der Waals surface area contributed by atoms with E-state index in [1.54, 1.807) is 4.88 Å². The Morgan fingerprint density at radius 2 is 2.11 bits per heavy atom. The number of nitrogens with one attached hydrogen (secondary N) is 1. The summed E-state index contributed by atoms with van der Waals surface area (Å²) in [5, 5.41) is 6.19. The third-order valence-electron chi connectivity index (χ3n) is 4.49. The van der Waals surface area contributed by atoms with Crippen molar-refractivity contribution in [3.8, 4) is 0 Å². The summed E-state index contributed by atoms with van der Waals surface area (Å²) in [5.41, 5.74) is 0. The lowest BCUT2D eigenvalue weighted by atomic mass is 10.0. The normalized spacial score (nSPS) is 23.6. The van der Waals surface area contributed by atoms with Gasteiger partial charge < -0.3 is 10.2 Å². The van der Waals surface area contributed by atoms with Crippen LogP contribution in [0.15, 0.2) is 17.5 Å². The van der Waals surface area contributed by atoms with Crippen molar-refractivity contribution >= 4 is 11.3 Å². The van der Waals surface area contributed by atoms with Gasteiger partial charge in [-0.15, -0.1) is 11.3 Å². The molecule has 1 saturated carbocycles. The molecule has 3 rings (SSSR count). The number of piperidine rings is 1. The minimum atomic E-state index is 0.641. The lowest BCUT2D eigenvalue weighted by Crippen LogP contribution is -2.44. The minimum Gasteiger partial charge on any atom is -0.306 e. The van der Waals surface area contributed by atoms with Crippen molar-refractivity contribution in [3.05, 3.63) is 22.4 Å². The van der Waals surface area contributed by atoms with E-state index in [-0.39, 0.29) is 0 Å². The molecule has 3 heteroatoms. The van der Waals surface area contributed by atoms with Crippen LogP contribution in [0, 0.1) is 5.92 Å². The molecule has 0 radical (unpaired) electrons. The SMILES string of the molecule is CCCN1CCC(NC(c2cccs2)C2CC2)CC1. The molecule has 106 valence electrons. The highest BCUT2D eigenvalue weighted by Gasteiger charge is 2.34. The Labute approximate surface area is 121 Å². The largest absolute Gasteiger partial charge is 0.306 e. The number of likely N-dealkylation sites (tertiary alicyclic amines) is 1. The third kappa shape index (κ3) is 3.59. The predicted molar refractivity (Wildman–Crippen MR) is 82.7 cm³/mol. The standard InChI is InChI=1S/C16H26N2S/c1-2-9-18-10-7-14(8-11-18)17-16(13-5-6-13)15-4-3-12-19-15/h3-4,12-14,16-17H,2,5-11H2,1H3. The quantitative estimate of drug-likeness (QED) is 0.854. The molecular formula is C16H26N2S. The van der Waals surface area contributed by atoms with Gasteiger partial charge >= 0.3 is 0 Å². The van der Waals surface area contributed by atoms with Gasteiger partial charge in [-0.2, -0.15) is 0 Å². The number of hydrogen-bond donors (Lipinski definition) is 1. The van der Waals surface area contributed by atoms with Gasteiger partial charge in [0.05, 0.1) is 0 Å². The van der Waals surface area contributed by atoms with Gasteiger partial charge in [0.1, 0.15) is 0 Å². The first-order valence-corrected chi connectivity index (χ1v) is 8.76. The zero-order valence-electron chi connectivity index (χ0n) is 12.0. The van der Waals surface area contributed by atoms with Crippen LogP contribution >= 0.6 is 11.3 Å². The fourth-order valence-electron chi connectivity index (χ4n) is 3.24. The second-order valence-corrected chi connectivity index (χ2v) is 7.09. The van der Waals surface area contributed by atoms with Crippen molar-refractivity contribution in [1.82, 2.24) is 10.2 Å². The Hall–Kier alpha value is -0.380. The zero-order valence-corrected chi connectivity index (χ0v) is 12.8. The molecule has 2 fully saturated rings. The molecule has 1 N–H and O–H groups in total. The van der Waals surface area contributed by atoms with Crippen LogP contribution in [-0.4, -0.2) is 30.6 Å². The molecule has 1 aliphatic carbocycles. The Morgan fingerprint density at radius 1 is 1.32 bits per heavy atom. The summed E-state index contributed by atoms with van der Waals surface area (Å²) in [4.78, 5) is 4.17. The highest BCUT2D eigenvalue weighted by Crippen LogP contribution is 2.42. The van der Waals surface area contributed by atoms with Gasteiger partial charge in [-0.1, -0.05) is 13.0 Å². The Morgan fingerprint density at radius 3 is 2.68 bits per heavy atom. The van der Waals surface area contributed by atoms with E-state index in [0.717, 1.165) is 12.0 Å². The summed E-state index contributed by atoms with van der Waals surface area (Å²) in [6.45, 7) is 6.13. The first kappa shape index (κ1) is 13.6. The van der Waals surface area contributed by atoms with E-state index in [1.807, 2.05) is 11.3 Å². The van der Waals surface area contributed by atoms with Crippen LogP contribution < -0.4 is 5.32 Å². The van der Waals surface area contributed by atoms with E-state index in [9.17, 15) is 0 Å². The molecule has 1 unspecified atom stereocenters. The van der Waals surface area contributed by atoms with E-state index in [0.29, 0.717) is 6.04 Å². The summed E-state index contributed by atoms with van der Waals surface area (Å²) in [6, 6.07) is 5.89. The lowest BCUT2D eigenvalue weighted by molar-refractivity contribution is 0.188. The molecule has 1 atom stereocenters. The fourth-order valence-corrected chi connectivity index (χ4v) is 4.12. The summed E-state index contributed by atoms with van der Waals surface area (Å²) in [7, 11) is 0. The Kier molecular flexibility index (Phi) is 4.57. The topological polar surface area (TPSA) is 15.3 Å². The van der Waals surface area contributed by atoms with Gasteiger partial charge in [0.15, 0.2) is 0 Å². The van der Waals surface area contributed by atoms with Crippen molar-refractivity contribution in [1.29, 1.82) is 0 Å². The van der Waals surface area contributed by atoms with Gasteiger partial charge in [0.25, 0.3) is 0 Å². The third-order valence-corrected chi connectivity index (χ3v) is 5.44. The van der Waals surface area contributed by atoms with E-state index in [4.69, 9.17) is 0 Å². The van der Waals surface area contributed by atoms with Crippen molar-refractivity contribution in [2.45, 2.75) is 51.1 Å². The fraction of sp³-hybridized carbons (Fsp3) is 0.750. The molecular weight excluding hydrogens is 252 g/mol. The first-order valence-electron chi connectivity index (χ1n) is 7.88. The van der Waals surface area contributed by atoms with Gasteiger partial charge in [-0.25, -0.2) is 0 Å². The van der Waals surface area contributed by atoms with Crippen molar-refractivity contribution in [3.63, 3.8) is 0 Å². The van der Waals surface area contributed by atoms with Crippen LogP contribution in [0.4, 0.5) is 0 Å². The minimum absolute atomic E-state index is 0.641. The number of rotatable bonds is 6. The van der Waals surface area contributed by atoms with Gasteiger partial charge in [0.2, 0.25) is 0 Å². The maximum Gasteiger partial charge on any atom is 0.0445 e. The van der Waals surface area contributed by atoms with Gasteiger partial charge in [-0.05, 0) is 69.1 Å². The van der Waals surface area contributed by atoms with Crippen molar-refractivity contribution in [2.24, 2.45) is 5.92 Å². The zero-order chi connectivity index (χ0) is 13.1. The van der Waals surface area contributed by atoms with E-state index in [1.165, 1.54) is 51.7 Å². The Bertz CT molecular complexity index is 364. The number of hydrogen-bond acceptors (Lipinski definition) is 3. The van der Waals surface area contributed by atoms with Crippen molar-refractivity contribution in [2.75, 3.05) is 19.6 Å². The van der Waals surface area contributed by atoms with Crippen LogP contribution in [0.1, 0.15) is 49.9 Å². The predicted octanol–water partition coefficient (Wildman–Crippen LogP) is 3.66. The van der Waals surface area contributed by atoms with E-state index < -0.39 is 0 Å².